The van der Waals surface area contributed by atoms with Gasteiger partial charge in [0.25, 0.3) is 0 Å². The summed E-state index contributed by atoms with van der Waals surface area (Å²) in [7, 11) is 0.322. The third-order valence-electron chi connectivity index (χ3n) is 4.29. The summed E-state index contributed by atoms with van der Waals surface area (Å²) in [6.07, 6.45) is 2.07. The maximum Gasteiger partial charge on any atom is 0.231 e. The Morgan fingerprint density at radius 2 is 1.72 bits per heavy atom. The second kappa shape index (κ2) is 7.23. The number of aryl methyl sites for hydroxylation is 1. The van der Waals surface area contributed by atoms with Crippen LogP contribution in [0.15, 0.2) is 64.5 Å². The van der Waals surface area contributed by atoms with E-state index in [1.807, 2.05) is 62.4 Å². The number of rotatable bonds is 4. The lowest BCUT2D eigenvalue weighted by Gasteiger charge is -2.28. The van der Waals surface area contributed by atoms with Crippen molar-refractivity contribution in [1.29, 1.82) is 0 Å². The summed E-state index contributed by atoms with van der Waals surface area (Å²) in [5.41, 5.74) is 1.87. The molecule has 2 aromatic carbocycles. The first-order valence-corrected chi connectivity index (χ1v) is 9.31. The lowest BCUT2D eigenvalue weighted by Crippen LogP contribution is -2.33. The van der Waals surface area contributed by atoms with Crippen LogP contribution in [0.4, 0.5) is 5.69 Å². The van der Waals surface area contributed by atoms with Gasteiger partial charge < -0.3 is 4.74 Å². The zero-order chi connectivity index (χ0) is 18.0. The first-order chi connectivity index (χ1) is 12.0. The number of methoxy groups -OCH3 is 1. The lowest BCUT2D eigenvalue weighted by atomic mass is 10.0. The van der Waals surface area contributed by atoms with Crippen molar-refractivity contribution in [3.05, 3.63) is 65.2 Å². The second-order valence-corrected chi connectivity index (χ2v) is 7.66. The predicted octanol–water partition coefficient (Wildman–Crippen LogP) is 4.03. The zero-order valence-corrected chi connectivity index (χ0v) is 15.4. The summed E-state index contributed by atoms with van der Waals surface area (Å²) in [4.78, 5) is 15.6. The van der Waals surface area contributed by atoms with E-state index in [1.165, 1.54) is 0 Å². The molecule has 0 aliphatic carbocycles. The number of hydrogen-bond acceptors (Lipinski definition) is 3. The summed E-state index contributed by atoms with van der Waals surface area (Å²) in [6.45, 7) is 3.94. The third-order valence-corrected chi connectivity index (χ3v) is 5.93. The van der Waals surface area contributed by atoms with Gasteiger partial charge in [0.2, 0.25) is 5.91 Å². The van der Waals surface area contributed by atoms with Crippen molar-refractivity contribution in [2.45, 2.75) is 25.2 Å². The Morgan fingerprint density at radius 3 is 2.32 bits per heavy atom. The van der Waals surface area contributed by atoms with Gasteiger partial charge in [-0.05, 0) is 43.3 Å². The number of anilines is 1. The highest BCUT2D eigenvalue weighted by atomic mass is 32.2. The quantitative estimate of drug-likeness (QED) is 0.832. The molecule has 5 heteroatoms. The van der Waals surface area contributed by atoms with Crippen LogP contribution < -0.4 is 9.64 Å². The molecular formula is C20H21NO3S. The molecule has 1 aliphatic heterocycles. The average molecular weight is 355 g/mol. The molecule has 0 fully saturated rings. The van der Waals surface area contributed by atoms with E-state index < -0.39 is 10.8 Å². The number of ether oxygens (including phenoxy) is 1. The fourth-order valence-corrected chi connectivity index (χ4v) is 4.08. The van der Waals surface area contributed by atoms with Crippen LogP contribution in [-0.2, 0) is 15.6 Å². The minimum atomic E-state index is -1.28. The first kappa shape index (κ1) is 17.4. The molecule has 0 saturated heterocycles. The van der Waals surface area contributed by atoms with Crippen molar-refractivity contribution in [3.8, 4) is 5.75 Å². The lowest BCUT2D eigenvalue weighted by molar-refractivity contribution is -0.118. The van der Waals surface area contributed by atoms with Crippen LogP contribution in [0.1, 0.15) is 18.9 Å². The summed E-state index contributed by atoms with van der Waals surface area (Å²) >= 11 is 0. The summed E-state index contributed by atoms with van der Waals surface area (Å²) in [5.74, 6) is 0.681. The maximum atomic E-state index is 13.0. The van der Waals surface area contributed by atoms with Crippen LogP contribution >= 0.6 is 0 Å². The summed E-state index contributed by atoms with van der Waals surface area (Å²) < 4.78 is 18.2. The van der Waals surface area contributed by atoms with Crippen LogP contribution in [0.25, 0.3) is 0 Å². The number of allylic oxidation sites excluding steroid dienone is 1. The van der Waals surface area contributed by atoms with Crippen LogP contribution in [0.2, 0.25) is 0 Å². The van der Waals surface area contributed by atoms with Crippen molar-refractivity contribution < 1.29 is 13.7 Å². The largest absolute Gasteiger partial charge is 0.497 e. The Kier molecular flexibility index (Phi) is 5.04. The first-order valence-electron chi connectivity index (χ1n) is 8.16. The number of carbonyl (C=O) groups excluding carboxylic acids is 1. The van der Waals surface area contributed by atoms with Gasteiger partial charge in [-0.25, -0.2) is 4.21 Å². The molecule has 0 spiro atoms. The van der Waals surface area contributed by atoms with E-state index in [0.717, 1.165) is 26.8 Å². The third kappa shape index (κ3) is 3.66. The predicted molar refractivity (Wildman–Crippen MR) is 99.9 cm³/mol. The number of benzene rings is 2. The van der Waals surface area contributed by atoms with Crippen molar-refractivity contribution in [2.24, 2.45) is 5.92 Å². The van der Waals surface area contributed by atoms with Crippen LogP contribution in [0.5, 0.6) is 5.75 Å². The molecule has 0 radical (unpaired) electrons. The van der Waals surface area contributed by atoms with E-state index in [0.29, 0.717) is 6.42 Å². The van der Waals surface area contributed by atoms with Gasteiger partial charge in [-0.2, -0.15) is 0 Å². The van der Waals surface area contributed by atoms with E-state index in [9.17, 15) is 9.00 Å². The van der Waals surface area contributed by atoms with Crippen molar-refractivity contribution in [1.82, 2.24) is 0 Å². The van der Waals surface area contributed by atoms with Gasteiger partial charge in [-0.3, -0.25) is 9.69 Å². The molecule has 25 heavy (non-hydrogen) atoms. The van der Waals surface area contributed by atoms with Gasteiger partial charge in [-0.15, -0.1) is 0 Å². The van der Waals surface area contributed by atoms with Crippen LogP contribution in [0.3, 0.4) is 0 Å². The molecule has 0 N–H and O–H groups in total. The minimum absolute atomic E-state index is 0.00215. The highest BCUT2D eigenvalue weighted by Gasteiger charge is 2.29. The average Bonchev–Trinajstić information content (AvgIpc) is 2.62. The molecule has 1 aliphatic rings. The molecule has 2 atom stereocenters. The topological polar surface area (TPSA) is 46.6 Å². The SMILES string of the molecule is COc1ccc(N2C=C(S(=O)c3ccc(C)cc3)[C@H](C)CC2=O)cc1. The van der Waals surface area contributed by atoms with Gasteiger partial charge >= 0.3 is 0 Å². The van der Waals surface area contributed by atoms with Gasteiger partial charge in [0, 0.05) is 34.0 Å². The molecule has 4 nitrogen and oxygen atoms in total. The van der Waals surface area contributed by atoms with E-state index in [1.54, 1.807) is 18.2 Å². The highest BCUT2D eigenvalue weighted by molar-refractivity contribution is 7.89. The molecule has 1 unspecified atom stereocenters. The Hall–Kier alpha value is -2.40. The molecule has 2 aromatic rings. The Morgan fingerprint density at radius 1 is 1.08 bits per heavy atom. The minimum Gasteiger partial charge on any atom is -0.497 e. The van der Waals surface area contributed by atoms with E-state index in [2.05, 4.69) is 0 Å². The van der Waals surface area contributed by atoms with Gasteiger partial charge in [-0.1, -0.05) is 24.6 Å². The molecule has 0 saturated carbocycles. The van der Waals surface area contributed by atoms with E-state index in [4.69, 9.17) is 4.74 Å². The van der Waals surface area contributed by atoms with Crippen LogP contribution in [0, 0.1) is 12.8 Å². The number of carbonyl (C=O) groups is 1. The number of hydrogen-bond donors (Lipinski definition) is 0. The smallest absolute Gasteiger partial charge is 0.231 e. The molecule has 130 valence electrons. The van der Waals surface area contributed by atoms with Crippen molar-refractivity contribution >= 4 is 22.4 Å². The molecule has 1 amide bonds. The zero-order valence-electron chi connectivity index (χ0n) is 14.6. The monoisotopic (exact) mass is 355 g/mol. The van der Waals surface area contributed by atoms with Gasteiger partial charge in [0.05, 0.1) is 17.9 Å². The fraction of sp³-hybridized carbons (Fsp3) is 0.250. The highest BCUT2D eigenvalue weighted by Crippen LogP contribution is 2.32. The number of amides is 1. The molecule has 0 bridgehead atoms. The van der Waals surface area contributed by atoms with Crippen molar-refractivity contribution in [2.75, 3.05) is 12.0 Å². The number of nitrogens with zero attached hydrogens (tertiary/aromatic N) is 1. The van der Waals surface area contributed by atoms with Crippen LogP contribution in [-0.4, -0.2) is 17.2 Å². The second-order valence-electron chi connectivity index (χ2n) is 6.18. The van der Waals surface area contributed by atoms with Crippen molar-refractivity contribution in [3.63, 3.8) is 0 Å². The van der Waals surface area contributed by atoms with E-state index in [-0.39, 0.29) is 11.8 Å². The summed E-state index contributed by atoms with van der Waals surface area (Å²) in [6, 6.07) is 14.9. The Balaban J connectivity index is 1.95. The summed E-state index contributed by atoms with van der Waals surface area (Å²) in [5, 5.41) is 0. The Bertz CT molecular complexity index is 825. The normalized spacial score (nSPS) is 18.7. The Labute approximate surface area is 150 Å². The molecular weight excluding hydrogens is 334 g/mol. The standard InChI is InChI=1S/C20H21NO3S/c1-14-4-10-18(11-5-14)25(23)19-13-21(20(22)12-15(19)2)16-6-8-17(24-3)9-7-16/h4-11,13,15H,12H2,1-3H3/t15-,25?/m1/s1. The maximum absolute atomic E-state index is 13.0. The van der Waals surface area contributed by atoms with Gasteiger partial charge in [0.1, 0.15) is 5.75 Å². The van der Waals surface area contributed by atoms with Gasteiger partial charge in [0.15, 0.2) is 0 Å². The van der Waals surface area contributed by atoms with E-state index >= 15 is 0 Å². The fourth-order valence-electron chi connectivity index (χ4n) is 2.78. The molecule has 0 aromatic heterocycles. The molecule has 3 rings (SSSR count). The molecule has 1 heterocycles.